The van der Waals surface area contributed by atoms with Gasteiger partial charge in [0.15, 0.2) is 0 Å². The molecule has 0 unspecified atom stereocenters. The largest absolute Gasteiger partial charge is 0.416 e. The van der Waals surface area contributed by atoms with E-state index in [0.717, 1.165) is 19.2 Å². The van der Waals surface area contributed by atoms with Gasteiger partial charge in [0.25, 0.3) is 5.91 Å². The molecule has 40 heavy (non-hydrogen) atoms. The number of aromatic nitrogens is 3. The lowest BCUT2D eigenvalue weighted by Crippen LogP contribution is -2.44. The molecule has 1 saturated heterocycles. The molecule has 1 aromatic carbocycles. The first-order chi connectivity index (χ1) is 19.2. The predicted octanol–water partition coefficient (Wildman–Crippen LogP) is 4.02. The van der Waals surface area contributed by atoms with Crippen LogP contribution in [-0.4, -0.2) is 63.5 Å². The SMILES string of the molecule is CN1CCN(Cc2ccc(NC(=O)c3cncc(C#Cc4cnn5ccc(C#N)cc45)c3)cc2C(F)(F)F)CC1. The van der Waals surface area contributed by atoms with Crippen LogP contribution in [0.15, 0.2) is 61.2 Å². The lowest BCUT2D eigenvalue weighted by atomic mass is 10.0. The third-order valence-electron chi connectivity index (χ3n) is 6.66. The van der Waals surface area contributed by atoms with E-state index in [-0.39, 0.29) is 23.4 Å². The highest BCUT2D eigenvalue weighted by molar-refractivity contribution is 6.04. The van der Waals surface area contributed by atoms with Gasteiger partial charge in [0.2, 0.25) is 0 Å². The van der Waals surface area contributed by atoms with Gasteiger partial charge in [-0.25, -0.2) is 4.52 Å². The molecule has 11 heteroatoms. The fourth-order valence-corrected chi connectivity index (χ4v) is 4.42. The van der Waals surface area contributed by atoms with Gasteiger partial charge in [-0.3, -0.25) is 14.7 Å². The molecular formula is C29H24F3N7O. The van der Waals surface area contributed by atoms with Gasteiger partial charge in [-0.15, -0.1) is 0 Å². The summed E-state index contributed by atoms with van der Waals surface area (Å²) in [5.41, 5.74) is 1.73. The summed E-state index contributed by atoms with van der Waals surface area (Å²) in [6.45, 7) is 3.17. The fraction of sp³-hybridized carbons (Fsp3) is 0.241. The minimum absolute atomic E-state index is 0.0376. The summed E-state index contributed by atoms with van der Waals surface area (Å²) in [6.07, 6.45) is 1.46. The van der Waals surface area contributed by atoms with Gasteiger partial charge in [-0.2, -0.15) is 23.5 Å². The topological polar surface area (TPSA) is 89.6 Å². The van der Waals surface area contributed by atoms with Crippen LogP contribution in [0.1, 0.15) is 38.2 Å². The summed E-state index contributed by atoms with van der Waals surface area (Å²) < 4.78 is 43.3. The number of hydrogen-bond donors (Lipinski definition) is 1. The number of nitrogens with one attached hydrogen (secondary N) is 1. The molecule has 4 aromatic rings. The van der Waals surface area contributed by atoms with Crippen LogP contribution in [0, 0.1) is 23.2 Å². The predicted molar refractivity (Wildman–Crippen MR) is 142 cm³/mol. The van der Waals surface area contributed by atoms with Crippen molar-refractivity contribution in [1.82, 2.24) is 24.4 Å². The van der Waals surface area contributed by atoms with Gasteiger partial charge in [0.05, 0.1) is 40.0 Å². The molecule has 202 valence electrons. The van der Waals surface area contributed by atoms with Crippen molar-refractivity contribution in [2.45, 2.75) is 12.7 Å². The zero-order chi connectivity index (χ0) is 28.3. The highest BCUT2D eigenvalue weighted by atomic mass is 19.4. The normalized spacial score (nSPS) is 14.4. The number of rotatable bonds is 4. The molecule has 1 aliphatic heterocycles. The van der Waals surface area contributed by atoms with E-state index >= 15 is 0 Å². The molecule has 1 fully saturated rings. The molecule has 0 atom stereocenters. The highest BCUT2D eigenvalue weighted by Gasteiger charge is 2.34. The Morgan fingerprint density at radius 3 is 2.58 bits per heavy atom. The van der Waals surface area contributed by atoms with Gasteiger partial charge >= 0.3 is 6.18 Å². The van der Waals surface area contributed by atoms with Crippen LogP contribution < -0.4 is 5.32 Å². The van der Waals surface area contributed by atoms with Crippen molar-refractivity contribution in [1.29, 1.82) is 5.26 Å². The average molecular weight is 544 g/mol. The lowest BCUT2D eigenvalue weighted by molar-refractivity contribution is -0.138. The van der Waals surface area contributed by atoms with Gasteiger partial charge < -0.3 is 10.2 Å². The molecule has 5 rings (SSSR count). The second-order valence-corrected chi connectivity index (χ2v) is 9.53. The first-order valence-electron chi connectivity index (χ1n) is 12.5. The average Bonchev–Trinajstić information content (AvgIpc) is 3.35. The Morgan fingerprint density at radius 1 is 1.02 bits per heavy atom. The standard InChI is InChI=1S/C29H24F3N7O/c1-37-8-10-38(11-9-37)19-23-4-5-25(14-26(23)29(30,31)32)36-28(40)24-12-21(16-34-17-24)2-3-22-18-35-39-7-6-20(15-33)13-27(22)39/h4-7,12-14,16-18H,8-11,19H2,1H3,(H,36,40). The number of carbonyl (C=O) groups is 1. The number of piperazine rings is 1. The van der Waals surface area contributed by atoms with Crippen LogP contribution in [-0.2, 0) is 12.7 Å². The van der Waals surface area contributed by atoms with Crippen LogP contribution in [0.4, 0.5) is 18.9 Å². The van der Waals surface area contributed by atoms with E-state index < -0.39 is 17.6 Å². The highest BCUT2D eigenvalue weighted by Crippen LogP contribution is 2.34. The molecule has 0 aliphatic carbocycles. The lowest BCUT2D eigenvalue weighted by Gasteiger charge is -2.33. The fourth-order valence-electron chi connectivity index (χ4n) is 4.42. The number of fused-ring (bicyclic) bond motifs is 1. The number of nitriles is 1. The molecule has 0 spiro atoms. The third-order valence-corrected chi connectivity index (χ3v) is 6.66. The number of nitrogens with zero attached hydrogens (tertiary/aromatic N) is 6. The molecular weight excluding hydrogens is 519 g/mol. The van der Waals surface area contributed by atoms with Crippen molar-refractivity contribution in [2.24, 2.45) is 0 Å². The molecule has 4 heterocycles. The van der Waals surface area contributed by atoms with Crippen LogP contribution in [0.2, 0.25) is 0 Å². The van der Waals surface area contributed by atoms with Gasteiger partial charge in [-0.1, -0.05) is 17.9 Å². The van der Waals surface area contributed by atoms with Crippen molar-refractivity contribution < 1.29 is 18.0 Å². The molecule has 3 aromatic heterocycles. The molecule has 1 aliphatic rings. The van der Waals surface area contributed by atoms with Crippen LogP contribution in [0.5, 0.6) is 0 Å². The first kappa shape index (κ1) is 26.9. The van der Waals surface area contributed by atoms with Gasteiger partial charge in [0.1, 0.15) is 0 Å². The second-order valence-electron chi connectivity index (χ2n) is 9.53. The molecule has 8 nitrogen and oxygen atoms in total. The number of hydrogen-bond acceptors (Lipinski definition) is 6. The maximum absolute atomic E-state index is 13.9. The van der Waals surface area contributed by atoms with Crippen LogP contribution >= 0.6 is 0 Å². The Bertz CT molecular complexity index is 1670. The minimum atomic E-state index is -4.56. The van der Waals surface area contributed by atoms with E-state index in [1.54, 1.807) is 29.0 Å². The van der Waals surface area contributed by atoms with E-state index in [2.05, 4.69) is 38.2 Å². The monoisotopic (exact) mass is 543 g/mol. The number of halogens is 3. The molecule has 1 amide bonds. The van der Waals surface area contributed by atoms with Gasteiger partial charge in [-0.05, 0) is 42.9 Å². The minimum Gasteiger partial charge on any atom is -0.322 e. The summed E-state index contributed by atoms with van der Waals surface area (Å²) in [4.78, 5) is 21.1. The molecule has 1 N–H and O–H groups in total. The Kier molecular flexibility index (Phi) is 7.52. The number of likely N-dealkylation sites (N-methyl/N-ethyl adjacent to an activating group) is 1. The van der Waals surface area contributed by atoms with E-state index in [1.165, 1.54) is 30.6 Å². The number of benzene rings is 1. The number of pyridine rings is 2. The van der Waals surface area contributed by atoms with Crippen LogP contribution in [0.3, 0.4) is 0 Å². The number of alkyl halides is 3. The maximum Gasteiger partial charge on any atom is 0.416 e. The zero-order valence-electron chi connectivity index (χ0n) is 21.5. The van der Waals surface area contributed by atoms with E-state index in [4.69, 9.17) is 5.26 Å². The third kappa shape index (κ3) is 6.12. The molecule has 0 radical (unpaired) electrons. The van der Waals surface area contributed by atoms with Crippen LogP contribution in [0.25, 0.3) is 5.52 Å². The number of carbonyl (C=O) groups excluding carboxylic acids is 1. The van der Waals surface area contributed by atoms with Gasteiger partial charge in [0, 0.05) is 62.6 Å². The maximum atomic E-state index is 13.9. The first-order valence-corrected chi connectivity index (χ1v) is 12.5. The Hall–Kier alpha value is -4.71. The van der Waals surface area contributed by atoms with E-state index in [1.807, 2.05) is 11.9 Å². The number of anilines is 1. The second kappa shape index (κ2) is 11.2. The molecule has 0 bridgehead atoms. The van der Waals surface area contributed by atoms with Crippen molar-refractivity contribution in [3.05, 3.63) is 94.6 Å². The summed E-state index contributed by atoms with van der Waals surface area (Å²) in [6, 6.07) is 10.8. The smallest absolute Gasteiger partial charge is 0.322 e. The van der Waals surface area contributed by atoms with Crippen molar-refractivity contribution in [2.75, 3.05) is 38.5 Å². The van der Waals surface area contributed by atoms with Crippen molar-refractivity contribution in [3.63, 3.8) is 0 Å². The Morgan fingerprint density at radius 2 is 1.82 bits per heavy atom. The zero-order valence-corrected chi connectivity index (χ0v) is 21.5. The Balaban J connectivity index is 1.33. The summed E-state index contributed by atoms with van der Waals surface area (Å²) in [5, 5.41) is 15.9. The molecule has 0 saturated carbocycles. The van der Waals surface area contributed by atoms with Crippen molar-refractivity contribution in [3.8, 4) is 17.9 Å². The Labute approximate surface area is 228 Å². The summed E-state index contributed by atoms with van der Waals surface area (Å²) in [7, 11) is 1.99. The number of amides is 1. The van der Waals surface area contributed by atoms with Crippen molar-refractivity contribution >= 4 is 17.1 Å². The van der Waals surface area contributed by atoms with E-state index in [9.17, 15) is 18.0 Å². The summed E-state index contributed by atoms with van der Waals surface area (Å²) >= 11 is 0. The quantitative estimate of drug-likeness (QED) is 0.391. The summed E-state index contributed by atoms with van der Waals surface area (Å²) in [5.74, 6) is 5.29. The van der Waals surface area contributed by atoms with E-state index in [0.29, 0.717) is 35.3 Å².